The molecular formula is C20H21N3O2S2. The molecule has 27 heavy (non-hydrogen) atoms. The van der Waals surface area contributed by atoms with Gasteiger partial charge in [-0.1, -0.05) is 36.9 Å². The molecule has 0 aliphatic heterocycles. The number of carbonyl (C=O) groups excluding carboxylic acids is 1. The van der Waals surface area contributed by atoms with Crippen LogP contribution in [0.3, 0.4) is 0 Å². The van der Waals surface area contributed by atoms with Crippen molar-refractivity contribution >= 4 is 34.7 Å². The molecule has 0 radical (unpaired) electrons. The Bertz CT molecular complexity index is 964. The number of hydrogen-bond acceptors (Lipinski definition) is 6. The topological polar surface area (TPSA) is 68.0 Å². The van der Waals surface area contributed by atoms with Gasteiger partial charge in [0.25, 0.3) is 11.1 Å². The molecule has 1 aromatic carbocycles. The number of nitrogens with one attached hydrogen (secondary N) is 1. The van der Waals surface area contributed by atoms with E-state index in [1.54, 1.807) is 11.3 Å². The van der Waals surface area contributed by atoms with Crippen molar-refractivity contribution < 1.29 is 9.21 Å². The monoisotopic (exact) mass is 399 g/mol. The van der Waals surface area contributed by atoms with Gasteiger partial charge in [-0.15, -0.1) is 21.5 Å². The molecule has 0 fully saturated rings. The Labute approximate surface area is 166 Å². The van der Waals surface area contributed by atoms with Gasteiger partial charge in [-0.25, -0.2) is 0 Å². The van der Waals surface area contributed by atoms with Crippen molar-refractivity contribution in [1.29, 1.82) is 0 Å². The van der Waals surface area contributed by atoms with Gasteiger partial charge in [0.05, 0.1) is 10.6 Å². The van der Waals surface area contributed by atoms with E-state index in [-0.39, 0.29) is 11.7 Å². The van der Waals surface area contributed by atoms with Crippen molar-refractivity contribution in [2.75, 3.05) is 11.1 Å². The quantitative estimate of drug-likeness (QED) is 0.614. The molecule has 1 atom stereocenters. The van der Waals surface area contributed by atoms with Gasteiger partial charge in [0.15, 0.2) is 0 Å². The van der Waals surface area contributed by atoms with Crippen LogP contribution in [0.4, 0.5) is 5.69 Å². The zero-order chi connectivity index (χ0) is 18.8. The van der Waals surface area contributed by atoms with Crippen molar-refractivity contribution in [3.8, 4) is 10.8 Å². The number of carbonyl (C=O) groups is 1. The maximum Gasteiger partial charge on any atom is 0.277 e. The first-order chi connectivity index (χ1) is 13.1. The van der Waals surface area contributed by atoms with Gasteiger partial charge < -0.3 is 9.73 Å². The number of rotatable bonds is 5. The summed E-state index contributed by atoms with van der Waals surface area (Å²) in [6.07, 6.45) is 3.50. The minimum Gasteiger partial charge on any atom is -0.410 e. The Kier molecular flexibility index (Phi) is 5.31. The summed E-state index contributed by atoms with van der Waals surface area (Å²) >= 11 is 3.00. The third-order valence-electron chi connectivity index (χ3n) is 4.69. The lowest BCUT2D eigenvalue weighted by molar-refractivity contribution is -0.113. The van der Waals surface area contributed by atoms with Gasteiger partial charge in [-0.05, 0) is 55.4 Å². The summed E-state index contributed by atoms with van der Waals surface area (Å²) in [5, 5.41) is 11.6. The lowest BCUT2D eigenvalue weighted by atomic mass is 9.90. The van der Waals surface area contributed by atoms with E-state index in [1.165, 1.54) is 28.6 Å². The second-order valence-electron chi connectivity index (χ2n) is 6.93. The Hall–Kier alpha value is -2.12. The summed E-state index contributed by atoms with van der Waals surface area (Å²) in [4.78, 5) is 14.6. The lowest BCUT2D eigenvalue weighted by Gasteiger charge is -2.16. The summed E-state index contributed by atoms with van der Waals surface area (Å²) in [5.74, 6) is 1.42. The fourth-order valence-electron chi connectivity index (χ4n) is 3.21. The number of aromatic nitrogens is 2. The van der Waals surface area contributed by atoms with Gasteiger partial charge in [0, 0.05) is 10.6 Å². The van der Waals surface area contributed by atoms with Crippen molar-refractivity contribution in [2.24, 2.45) is 5.92 Å². The van der Waals surface area contributed by atoms with E-state index in [0.717, 1.165) is 34.9 Å². The third kappa shape index (κ3) is 4.25. The van der Waals surface area contributed by atoms with Crippen LogP contribution in [0.2, 0.25) is 0 Å². The second kappa shape index (κ2) is 7.86. The van der Waals surface area contributed by atoms with Crippen LogP contribution >= 0.6 is 23.1 Å². The molecule has 0 bridgehead atoms. The number of hydrogen-bond donors (Lipinski definition) is 1. The van der Waals surface area contributed by atoms with Gasteiger partial charge >= 0.3 is 0 Å². The molecule has 0 unspecified atom stereocenters. The van der Waals surface area contributed by atoms with Gasteiger partial charge in [-0.3, -0.25) is 4.79 Å². The zero-order valence-electron chi connectivity index (χ0n) is 15.3. The normalized spacial score (nSPS) is 16.1. The van der Waals surface area contributed by atoms with E-state index < -0.39 is 0 Å². The minimum absolute atomic E-state index is 0.0883. The first-order valence-corrected chi connectivity index (χ1v) is 10.8. The largest absolute Gasteiger partial charge is 0.410 e. The predicted octanol–water partition coefficient (Wildman–Crippen LogP) is 4.96. The molecule has 2 heterocycles. The number of anilines is 1. The Morgan fingerprint density at radius 3 is 3.07 bits per heavy atom. The van der Waals surface area contributed by atoms with Crippen LogP contribution in [-0.4, -0.2) is 21.9 Å². The molecule has 1 N–H and O–H groups in total. The maximum absolute atomic E-state index is 12.2. The molecule has 2 aromatic heterocycles. The number of para-hydroxylation sites is 1. The van der Waals surface area contributed by atoms with E-state index in [4.69, 9.17) is 4.42 Å². The minimum atomic E-state index is -0.0883. The van der Waals surface area contributed by atoms with E-state index in [1.807, 2.05) is 31.2 Å². The molecule has 5 nitrogen and oxygen atoms in total. The fourth-order valence-corrected chi connectivity index (χ4v) is 4.90. The fraction of sp³-hybridized carbons (Fsp3) is 0.350. The molecule has 0 saturated heterocycles. The van der Waals surface area contributed by atoms with E-state index in [0.29, 0.717) is 11.1 Å². The first-order valence-electron chi connectivity index (χ1n) is 9.02. The standard InChI is InChI=1S/C20H21N3O2S2/c1-12-7-8-16-14(9-12)10-17(27-16)19-22-23-20(25-19)26-11-18(24)21-15-6-4-3-5-13(15)2/h3-6,10,12H,7-9,11H2,1-2H3,(H,21,24)/t12-/m1/s1. The third-order valence-corrected chi connectivity index (χ3v) is 6.74. The van der Waals surface area contributed by atoms with Crippen LogP contribution in [0.1, 0.15) is 29.3 Å². The highest BCUT2D eigenvalue weighted by Gasteiger charge is 2.21. The zero-order valence-corrected chi connectivity index (χ0v) is 17.0. The first kappa shape index (κ1) is 18.3. The molecule has 1 aliphatic rings. The average Bonchev–Trinajstić information content (AvgIpc) is 3.28. The van der Waals surface area contributed by atoms with Crippen LogP contribution in [0, 0.1) is 12.8 Å². The number of aryl methyl sites for hydroxylation is 2. The molecule has 140 valence electrons. The van der Waals surface area contributed by atoms with Crippen LogP contribution in [0.25, 0.3) is 10.8 Å². The lowest BCUT2D eigenvalue weighted by Crippen LogP contribution is -2.14. The maximum atomic E-state index is 12.2. The highest BCUT2D eigenvalue weighted by atomic mass is 32.2. The van der Waals surface area contributed by atoms with Crippen molar-refractivity contribution in [2.45, 2.75) is 38.3 Å². The van der Waals surface area contributed by atoms with E-state index in [2.05, 4.69) is 28.5 Å². The van der Waals surface area contributed by atoms with Gasteiger partial charge in [-0.2, -0.15) is 0 Å². The molecule has 1 aliphatic carbocycles. The molecule has 3 aromatic rings. The van der Waals surface area contributed by atoms with Crippen LogP contribution in [0.5, 0.6) is 0 Å². The number of amides is 1. The molecule has 4 rings (SSSR count). The highest BCUT2D eigenvalue weighted by Crippen LogP contribution is 2.37. The van der Waals surface area contributed by atoms with Crippen molar-refractivity contribution in [3.05, 3.63) is 46.3 Å². The highest BCUT2D eigenvalue weighted by molar-refractivity contribution is 7.99. The average molecular weight is 400 g/mol. The Morgan fingerprint density at radius 1 is 1.37 bits per heavy atom. The Morgan fingerprint density at radius 2 is 2.22 bits per heavy atom. The summed E-state index contributed by atoms with van der Waals surface area (Å²) in [6.45, 7) is 4.26. The van der Waals surface area contributed by atoms with Crippen LogP contribution in [0.15, 0.2) is 40.0 Å². The predicted molar refractivity (Wildman–Crippen MR) is 109 cm³/mol. The summed E-state index contributed by atoms with van der Waals surface area (Å²) < 4.78 is 5.77. The number of nitrogens with zero attached hydrogens (tertiary/aromatic N) is 2. The number of fused-ring (bicyclic) bond motifs is 1. The number of benzene rings is 1. The van der Waals surface area contributed by atoms with E-state index >= 15 is 0 Å². The van der Waals surface area contributed by atoms with Gasteiger partial charge in [0.1, 0.15) is 0 Å². The van der Waals surface area contributed by atoms with Gasteiger partial charge in [0.2, 0.25) is 5.91 Å². The van der Waals surface area contributed by atoms with E-state index in [9.17, 15) is 4.79 Å². The van der Waals surface area contributed by atoms with Crippen LogP contribution < -0.4 is 5.32 Å². The SMILES string of the molecule is Cc1ccccc1NC(=O)CSc1nnc(-c2cc3c(s2)CC[C@@H](C)C3)o1. The summed E-state index contributed by atoms with van der Waals surface area (Å²) in [5.41, 5.74) is 3.28. The molecule has 7 heteroatoms. The van der Waals surface area contributed by atoms with Crippen molar-refractivity contribution in [1.82, 2.24) is 10.2 Å². The number of thioether (sulfide) groups is 1. The summed E-state index contributed by atoms with van der Waals surface area (Å²) in [7, 11) is 0. The number of thiophene rings is 1. The van der Waals surface area contributed by atoms with Crippen LogP contribution in [-0.2, 0) is 17.6 Å². The van der Waals surface area contributed by atoms with Crippen molar-refractivity contribution in [3.63, 3.8) is 0 Å². The molecule has 0 spiro atoms. The summed E-state index contributed by atoms with van der Waals surface area (Å²) in [6, 6.07) is 9.89. The molecule has 1 amide bonds. The smallest absolute Gasteiger partial charge is 0.277 e. The Balaban J connectivity index is 1.37. The molecular weight excluding hydrogens is 378 g/mol. The molecule has 0 saturated carbocycles. The second-order valence-corrected chi connectivity index (χ2v) is 9.00.